The predicted octanol–water partition coefficient (Wildman–Crippen LogP) is 5.27. The van der Waals surface area contributed by atoms with Gasteiger partial charge in [-0.05, 0) is 67.4 Å². The van der Waals surface area contributed by atoms with Crippen molar-refractivity contribution in [1.82, 2.24) is 4.57 Å². The normalized spacial score (nSPS) is 14.5. The molecule has 0 fully saturated rings. The molecule has 0 spiro atoms. The maximum absolute atomic E-state index is 13.6. The van der Waals surface area contributed by atoms with Crippen LogP contribution in [0.15, 0.2) is 60.7 Å². The molecule has 2 heterocycles. The summed E-state index contributed by atoms with van der Waals surface area (Å²) in [6.07, 6.45) is -0.156. The fourth-order valence-electron chi connectivity index (χ4n) is 4.74. The van der Waals surface area contributed by atoms with Crippen LogP contribution in [0.25, 0.3) is 10.9 Å². The average Bonchev–Trinajstić information content (AvgIpc) is 3.35. The Kier molecular flexibility index (Phi) is 5.76. The molecule has 1 aromatic heterocycles. The Morgan fingerprint density at radius 2 is 1.91 bits per heavy atom. The quantitative estimate of drug-likeness (QED) is 0.413. The lowest BCUT2D eigenvalue weighted by molar-refractivity contribution is -0.136. The molecule has 6 nitrogen and oxygen atoms in total. The van der Waals surface area contributed by atoms with E-state index in [2.05, 4.69) is 0 Å². The number of carboxylic acids is 1. The lowest BCUT2D eigenvalue weighted by Crippen LogP contribution is -2.16. The highest BCUT2D eigenvalue weighted by atomic mass is 19.1. The number of carboxylic acid groups (broad SMARTS) is 1. The summed E-state index contributed by atoms with van der Waals surface area (Å²) in [6, 6.07) is 17.1. The zero-order valence-electron chi connectivity index (χ0n) is 19.4. The lowest BCUT2D eigenvalue weighted by Gasteiger charge is -2.14. The minimum absolute atomic E-state index is 0.0798. The molecule has 0 radical (unpaired) electrons. The first-order valence-corrected chi connectivity index (χ1v) is 11.3. The van der Waals surface area contributed by atoms with E-state index in [9.17, 15) is 19.1 Å². The number of hydrogen-bond acceptors (Lipinski definition) is 4. The summed E-state index contributed by atoms with van der Waals surface area (Å²) in [4.78, 5) is 25.0. The van der Waals surface area contributed by atoms with Crippen LogP contribution >= 0.6 is 0 Å². The van der Waals surface area contributed by atoms with Crippen LogP contribution in [0.2, 0.25) is 0 Å². The topological polar surface area (TPSA) is 77.8 Å². The summed E-state index contributed by atoms with van der Waals surface area (Å²) < 4.78 is 26.8. The zero-order valence-corrected chi connectivity index (χ0v) is 19.4. The molecule has 0 saturated heterocycles. The molecular formula is C28H24FNO5. The first kappa shape index (κ1) is 22.7. The highest BCUT2D eigenvalue weighted by molar-refractivity contribution is 6.05. The van der Waals surface area contributed by atoms with Crippen LogP contribution in [0.3, 0.4) is 0 Å². The van der Waals surface area contributed by atoms with E-state index in [-0.39, 0.29) is 24.1 Å². The summed E-state index contributed by atoms with van der Waals surface area (Å²) in [7, 11) is 0. The third-order valence-corrected chi connectivity index (χ3v) is 6.50. The Labute approximate surface area is 201 Å². The van der Waals surface area contributed by atoms with E-state index in [1.54, 1.807) is 35.8 Å². The molecular weight excluding hydrogens is 449 g/mol. The Morgan fingerprint density at radius 3 is 2.69 bits per heavy atom. The number of ether oxygens (including phenoxy) is 2. The van der Waals surface area contributed by atoms with Gasteiger partial charge in [-0.15, -0.1) is 0 Å². The first-order valence-electron chi connectivity index (χ1n) is 11.3. The van der Waals surface area contributed by atoms with Gasteiger partial charge in [0.05, 0.1) is 31.1 Å². The zero-order chi connectivity index (χ0) is 24.7. The van der Waals surface area contributed by atoms with Crippen molar-refractivity contribution in [2.75, 3.05) is 13.2 Å². The van der Waals surface area contributed by atoms with Gasteiger partial charge in [0, 0.05) is 22.2 Å². The first-order chi connectivity index (χ1) is 16.8. The number of aryl methyl sites for hydroxylation is 1. The van der Waals surface area contributed by atoms with Crippen LogP contribution in [-0.2, 0) is 11.2 Å². The van der Waals surface area contributed by atoms with Crippen LogP contribution in [0, 0.1) is 19.7 Å². The Bertz CT molecular complexity index is 1470. The van der Waals surface area contributed by atoms with E-state index in [1.807, 2.05) is 31.2 Å². The molecule has 178 valence electrons. The number of carbonyl (C=O) groups is 2. The lowest BCUT2D eigenvalue weighted by atomic mass is 10.0. The molecule has 0 bridgehead atoms. The van der Waals surface area contributed by atoms with Gasteiger partial charge in [0.1, 0.15) is 17.3 Å². The molecule has 1 aliphatic rings. The summed E-state index contributed by atoms with van der Waals surface area (Å²) in [5.74, 6) is -0.286. The maximum atomic E-state index is 13.6. The van der Waals surface area contributed by atoms with Crippen LogP contribution in [0.4, 0.5) is 4.39 Å². The van der Waals surface area contributed by atoms with E-state index in [1.165, 1.54) is 12.1 Å². The van der Waals surface area contributed by atoms with E-state index in [0.717, 1.165) is 16.5 Å². The molecule has 0 aliphatic carbocycles. The van der Waals surface area contributed by atoms with Crippen LogP contribution < -0.4 is 9.47 Å². The van der Waals surface area contributed by atoms with E-state index in [0.29, 0.717) is 47.1 Å². The minimum atomic E-state index is -0.945. The number of aliphatic carboxylic acids is 1. The van der Waals surface area contributed by atoms with Crippen molar-refractivity contribution in [1.29, 1.82) is 0 Å². The van der Waals surface area contributed by atoms with Crippen molar-refractivity contribution < 1.29 is 28.6 Å². The number of hydrogen-bond donors (Lipinski definition) is 1. The van der Waals surface area contributed by atoms with Gasteiger partial charge in [-0.3, -0.25) is 14.2 Å². The number of benzene rings is 3. The molecule has 1 atom stereocenters. The van der Waals surface area contributed by atoms with Gasteiger partial charge in [-0.1, -0.05) is 18.2 Å². The highest BCUT2D eigenvalue weighted by Gasteiger charge is 2.26. The number of aromatic nitrogens is 1. The molecule has 3 aromatic carbocycles. The molecule has 0 saturated carbocycles. The monoisotopic (exact) mass is 473 g/mol. The molecule has 1 unspecified atom stereocenters. The number of carbonyl (C=O) groups excluding carboxylic acids is 1. The molecule has 5 rings (SSSR count). The standard InChI is InChI=1S/C28H24FNO5/c1-16-11-20(34-14-18-15-35-26-10-7-19(29)12-24(18)26)8-9-21(16)28(33)30-17(2)23(13-27(31)32)22-5-3-4-6-25(22)30/h3-12,18H,13-15H2,1-2H3,(H,31,32). The summed E-state index contributed by atoms with van der Waals surface area (Å²) in [6.45, 7) is 4.35. The van der Waals surface area contributed by atoms with Gasteiger partial charge in [0.15, 0.2) is 0 Å². The Balaban J connectivity index is 1.39. The summed E-state index contributed by atoms with van der Waals surface area (Å²) in [5.41, 5.74) is 3.96. The van der Waals surface area contributed by atoms with Gasteiger partial charge in [0.25, 0.3) is 5.91 Å². The molecule has 7 heteroatoms. The number of rotatable bonds is 6. The summed E-state index contributed by atoms with van der Waals surface area (Å²) in [5, 5.41) is 10.1. The van der Waals surface area contributed by atoms with Gasteiger partial charge >= 0.3 is 5.97 Å². The van der Waals surface area contributed by atoms with Crippen molar-refractivity contribution in [3.8, 4) is 11.5 Å². The number of fused-ring (bicyclic) bond motifs is 2. The smallest absolute Gasteiger partial charge is 0.307 e. The van der Waals surface area contributed by atoms with Crippen molar-refractivity contribution >= 4 is 22.8 Å². The van der Waals surface area contributed by atoms with Crippen molar-refractivity contribution in [3.63, 3.8) is 0 Å². The molecule has 4 aromatic rings. The van der Waals surface area contributed by atoms with Crippen molar-refractivity contribution in [2.45, 2.75) is 26.2 Å². The average molecular weight is 474 g/mol. The van der Waals surface area contributed by atoms with Crippen molar-refractivity contribution in [3.05, 3.63) is 94.4 Å². The number of para-hydroxylation sites is 1. The maximum Gasteiger partial charge on any atom is 0.307 e. The molecule has 35 heavy (non-hydrogen) atoms. The van der Waals surface area contributed by atoms with E-state index in [4.69, 9.17) is 9.47 Å². The van der Waals surface area contributed by atoms with Gasteiger partial charge in [-0.25, -0.2) is 4.39 Å². The Morgan fingerprint density at radius 1 is 1.11 bits per heavy atom. The van der Waals surface area contributed by atoms with E-state index < -0.39 is 5.97 Å². The van der Waals surface area contributed by atoms with Crippen molar-refractivity contribution in [2.24, 2.45) is 0 Å². The third-order valence-electron chi connectivity index (χ3n) is 6.50. The second kappa shape index (κ2) is 8.91. The molecule has 1 aliphatic heterocycles. The number of halogens is 1. The number of nitrogens with zero attached hydrogens (tertiary/aromatic N) is 1. The summed E-state index contributed by atoms with van der Waals surface area (Å²) >= 11 is 0. The minimum Gasteiger partial charge on any atom is -0.493 e. The van der Waals surface area contributed by atoms with Gasteiger partial charge in [-0.2, -0.15) is 0 Å². The third kappa shape index (κ3) is 4.14. The SMILES string of the molecule is Cc1cc(OCC2COc3ccc(F)cc32)ccc1C(=O)n1c(C)c(CC(=O)O)c2ccccc21. The van der Waals surface area contributed by atoms with E-state index >= 15 is 0 Å². The van der Waals surface area contributed by atoms with Crippen LogP contribution in [0.5, 0.6) is 11.5 Å². The fraction of sp³-hybridized carbons (Fsp3) is 0.214. The highest BCUT2D eigenvalue weighted by Crippen LogP contribution is 2.35. The second-order valence-corrected chi connectivity index (χ2v) is 8.77. The van der Waals surface area contributed by atoms with Gasteiger partial charge < -0.3 is 14.6 Å². The van der Waals surface area contributed by atoms with Crippen LogP contribution in [-0.4, -0.2) is 34.8 Å². The molecule has 0 amide bonds. The van der Waals surface area contributed by atoms with Gasteiger partial charge in [0.2, 0.25) is 0 Å². The Hall–Kier alpha value is -4.13. The fourth-order valence-corrected chi connectivity index (χ4v) is 4.74. The predicted molar refractivity (Wildman–Crippen MR) is 129 cm³/mol. The molecule has 1 N–H and O–H groups in total. The van der Waals surface area contributed by atoms with Crippen LogP contribution in [0.1, 0.15) is 38.7 Å². The second-order valence-electron chi connectivity index (χ2n) is 8.77. The largest absolute Gasteiger partial charge is 0.493 e.